The number of carbonyl (C=O) groups excluding carboxylic acids is 1. The van der Waals surface area contributed by atoms with E-state index in [0.717, 1.165) is 74.1 Å². The molecule has 0 amide bonds. The summed E-state index contributed by atoms with van der Waals surface area (Å²) in [5.41, 5.74) is 20.2. The fraction of sp³-hybridized carbons (Fsp3) is 0.432. The summed E-state index contributed by atoms with van der Waals surface area (Å²) in [4.78, 5) is 25.7. The van der Waals surface area contributed by atoms with E-state index in [4.69, 9.17) is 14.8 Å². The third-order valence-electron chi connectivity index (χ3n) is 8.97. The van der Waals surface area contributed by atoms with Crippen LogP contribution in [0.15, 0.2) is 24.3 Å². The van der Waals surface area contributed by atoms with E-state index in [1.54, 1.807) is 0 Å². The van der Waals surface area contributed by atoms with Crippen LogP contribution in [-0.2, 0) is 50.0 Å². The summed E-state index contributed by atoms with van der Waals surface area (Å²) in [6.45, 7) is 22.6. The van der Waals surface area contributed by atoms with Gasteiger partial charge in [-0.1, -0.05) is 55.4 Å². The Bertz CT molecular complexity index is 1460. The minimum absolute atomic E-state index is 0. The molecule has 0 fully saturated rings. The second kappa shape index (κ2) is 15.1. The van der Waals surface area contributed by atoms with Crippen molar-refractivity contribution in [3.8, 4) is 0 Å². The molecule has 43 heavy (non-hydrogen) atoms. The summed E-state index contributed by atoms with van der Waals surface area (Å²) in [5.74, 6) is 0. The van der Waals surface area contributed by atoms with E-state index in [1.807, 2.05) is 0 Å². The number of aryl methyl sites for hydroxylation is 4. The largest absolute Gasteiger partial charge is 0.355 e. The molecule has 2 radical (unpaired) electrons. The molecule has 0 spiro atoms. The number of allylic oxidation sites excluding steroid dienone is 4. The van der Waals surface area contributed by atoms with Crippen LogP contribution in [0, 0.1) is 0 Å². The van der Waals surface area contributed by atoms with Crippen molar-refractivity contribution in [2.24, 2.45) is 0 Å². The minimum Gasteiger partial charge on any atom is -0.355 e. The van der Waals surface area contributed by atoms with Crippen LogP contribution in [-0.4, -0.2) is 26.7 Å². The van der Waals surface area contributed by atoms with E-state index in [9.17, 15) is 0 Å². The second-order valence-electron chi connectivity index (χ2n) is 10.9. The van der Waals surface area contributed by atoms with Crippen LogP contribution in [0.25, 0.3) is 44.4 Å². The van der Waals surface area contributed by atoms with Crippen LogP contribution in [0.2, 0.25) is 0 Å². The molecule has 0 atom stereocenters. The summed E-state index contributed by atoms with van der Waals surface area (Å²) in [5, 5.41) is 0. The average Bonchev–Trinajstić information content (AvgIpc) is 3.73. The molecule has 5 nitrogen and oxygen atoms in total. The van der Waals surface area contributed by atoms with Crippen molar-refractivity contribution in [1.82, 2.24) is 19.9 Å². The predicted octanol–water partition coefficient (Wildman–Crippen LogP) is 9.63. The molecule has 0 aliphatic carbocycles. The molecule has 0 saturated heterocycles. The van der Waals surface area contributed by atoms with Crippen molar-refractivity contribution in [1.29, 1.82) is 0 Å². The Labute approximate surface area is 270 Å². The third-order valence-corrected chi connectivity index (χ3v) is 8.97. The maximum Gasteiger partial charge on any atom is 0.281 e. The van der Waals surface area contributed by atoms with Gasteiger partial charge in [0.25, 0.3) is 6.79 Å². The summed E-state index contributed by atoms with van der Waals surface area (Å²) in [6, 6.07) is 9.24. The van der Waals surface area contributed by atoms with Crippen LogP contribution < -0.4 is 0 Å². The Kier molecular flexibility index (Phi) is 12.0. The maximum absolute atomic E-state index is 7.50. The van der Waals surface area contributed by atoms with Crippen LogP contribution >= 0.6 is 0 Å². The van der Waals surface area contributed by atoms with Gasteiger partial charge in [-0.2, -0.15) is 0 Å². The summed E-state index contributed by atoms with van der Waals surface area (Å²) in [7, 11) is 0. The molecular formula is C37H46N4ORu. The number of rotatable bonds is 8. The minimum atomic E-state index is 0. The smallest absolute Gasteiger partial charge is 0.281 e. The van der Waals surface area contributed by atoms with Crippen LogP contribution in [0.1, 0.15) is 126 Å². The maximum atomic E-state index is 7.50. The molecule has 6 heteroatoms. The Balaban J connectivity index is 0.00000165. The van der Waals surface area contributed by atoms with Gasteiger partial charge in [0.2, 0.25) is 0 Å². The summed E-state index contributed by atoms with van der Waals surface area (Å²) >= 11 is 0. The number of fused-ring (bicyclic) bond motifs is 8. The van der Waals surface area contributed by atoms with E-state index < -0.39 is 0 Å². The summed E-state index contributed by atoms with van der Waals surface area (Å²) in [6.07, 6.45) is 7.84. The molecule has 2 N–H and O–H groups in total. The SMILES string of the molecule is CCC1=C(CC)c2cc3[nH]c(cc4nc(cc5[nH]c(cc1n2)c(CC)c5CC)C(CC)=C4CC)c(CC)c3CC.[C]=O.[Ru]. The number of hydrogen-bond donors (Lipinski definition) is 2. The molecule has 5 rings (SSSR count). The van der Waals surface area contributed by atoms with Gasteiger partial charge in [-0.25, -0.2) is 9.97 Å². The normalized spacial score (nSPS) is 12.7. The zero-order valence-corrected chi connectivity index (χ0v) is 28.9. The Morgan fingerprint density at radius 3 is 0.814 bits per heavy atom. The number of H-pyrrole nitrogens is 2. The Morgan fingerprint density at radius 2 is 0.651 bits per heavy atom. The van der Waals surface area contributed by atoms with Gasteiger partial charge in [-0.05, 0) is 120 Å². The van der Waals surface area contributed by atoms with Crippen molar-refractivity contribution in [2.75, 3.05) is 0 Å². The first-order valence-corrected chi connectivity index (χ1v) is 15.9. The molecule has 3 aromatic heterocycles. The number of hydrogen-bond acceptors (Lipinski definition) is 3. The number of nitrogens with zero attached hydrogens (tertiary/aromatic N) is 2. The van der Waals surface area contributed by atoms with E-state index >= 15 is 0 Å². The molecule has 228 valence electrons. The van der Waals surface area contributed by atoms with Crippen molar-refractivity contribution < 1.29 is 24.3 Å². The number of nitrogens with one attached hydrogen (secondary N) is 2. The molecule has 2 aliphatic heterocycles. The third kappa shape index (κ3) is 6.13. The predicted molar refractivity (Wildman–Crippen MR) is 179 cm³/mol. The Morgan fingerprint density at radius 1 is 0.442 bits per heavy atom. The van der Waals surface area contributed by atoms with Gasteiger partial charge < -0.3 is 9.97 Å². The molecule has 3 aromatic rings. The molecule has 8 bridgehead atoms. The van der Waals surface area contributed by atoms with Gasteiger partial charge in [0.15, 0.2) is 0 Å². The zero-order chi connectivity index (χ0) is 30.6. The van der Waals surface area contributed by atoms with Crippen LogP contribution in [0.5, 0.6) is 0 Å². The fourth-order valence-corrected chi connectivity index (χ4v) is 7.10. The molecule has 0 unspecified atom stereocenters. The van der Waals surface area contributed by atoms with Crippen LogP contribution in [0.4, 0.5) is 0 Å². The van der Waals surface area contributed by atoms with Gasteiger partial charge in [-0.15, -0.1) is 0 Å². The van der Waals surface area contributed by atoms with Crippen LogP contribution in [0.3, 0.4) is 0 Å². The van der Waals surface area contributed by atoms with Gasteiger partial charge in [-0.3, -0.25) is 4.79 Å². The standard InChI is InChI=1S/C36H46N4.CO.Ru/c1-9-21-22(10-2)30-18-32-25(13-5)26(14-6)34(39-32)20-36-28(16-8)27(15-7)35(40-36)19-33-24(12-4)23(11-3)31(38-33)17-29(21)37-30;1-2;/h17-20,37,40H,9-16H2,1-8H3;;. The van der Waals surface area contributed by atoms with E-state index in [1.165, 1.54) is 66.6 Å². The van der Waals surface area contributed by atoms with Crippen molar-refractivity contribution in [3.63, 3.8) is 0 Å². The number of aromatic nitrogens is 4. The van der Waals surface area contributed by atoms with Gasteiger partial charge in [0.1, 0.15) is 0 Å². The first-order chi connectivity index (χ1) is 20.5. The van der Waals surface area contributed by atoms with E-state index in [2.05, 4.69) is 96.4 Å². The molecular weight excluding hydrogens is 618 g/mol. The van der Waals surface area contributed by atoms with Crippen molar-refractivity contribution in [2.45, 2.75) is 107 Å². The quantitative estimate of drug-likeness (QED) is 0.236. The van der Waals surface area contributed by atoms with Gasteiger partial charge in [0.05, 0.1) is 22.8 Å². The monoisotopic (exact) mass is 664 g/mol. The molecule has 0 saturated carbocycles. The molecule has 0 aromatic carbocycles. The first kappa shape index (κ1) is 34.4. The number of aromatic amines is 2. The Hall–Kier alpha value is -3.11. The van der Waals surface area contributed by atoms with E-state index in [0.29, 0.717) is 0 Å². The van der Waals surface area contributed by atoms with E-state index in [-0.39, 0.29) is 19.5 Å². The second-order valence-corrected chi connectivity index (χ2v) is 10.9. The molecule has 5 heterocycles. The van der Waals surface area contributed by atoms with Crippen molar-refractivity contribution >= 4 is 51.1 Å². The average molecular weight is 664 g/mol. The summed E-state index contributed by atoms with van der Waals surface area (Å²) < 4.78 is 0. The zero-order valence-electron chi connectivity index (χ0n) is 27.1. The molecule has 2 aliphatic rings. The fourth-order valence-electron chi connectivity index (χ4n) is 7.10. The van der Waals surface area contributed by atoms with Gasteiger partial charge in [0, 0.05) is 41.5 Å². The van der Waals surface area contributed by atoms with Gasteiger partial charge >= 0.3 is 0 Å². The topological polar surface area (TPSA) is 74.4 Å². The van der Waals surface area contributed by atoms with Crippen molar-refractivity contribution in [3.05, 3.63) is 69.3 Å². The first-order valence-electron chi connectivity index (χ1n) is 15.9.